The van der Waals surface area contributed by atoms with Crippen LogP contribution in [0.15, 0.2) is 18.2 Å². The number of carbonyl (C=O) groups is 1. The Morgan fingerprint density at radius 3 is 2.50 bits per heavy atom. The van der Waals surface area contributed by atoms with Crippen LogP contribution in [0.2, 0.25) is 5.02 Å². The van der Waals surface area contributed by atoms with Gasteiger partial charge >= 0.3 is 6.09 Å². The Labute approximate surface area is 135 Å². The molecule has 0 aromatic heterocycles. The fraction of sp³-hybridized carbons (Fsp3) is 0.562. The quantitative estimate of drug-likeness (QED) is 0.867. The van der Waals surface area contributed by atoms with Crippen molar-refractivity contribution in [3.8, 4) is 0 Å². The van der Waals surface area contributed by atoms with Crippen LogP contribution >= 0.6 is 11.6 Å². The van der Waals surface area contributed by atoms with Gasteiger partial charge in [-0.3, -0.25) is 0 Å². The number of hydrogen-bond donors (Lipinski definition) is 2. The van der Waals surface area contributed by atoms with Gasteiger partial charge in [-0.15, -0.1) is 0 Å². The maximum atomic E-state index is 13.2. The summed E-state index contributed by atoms with van der Waals surface area (Å²) in [4.78, 5) is 11.7. The number of aliphatic hydroxyl groups excluding tert-OH is 1. The molecule has 2 N–H and O–H groups in total. The molecular weight excluding hydrogens is 309 g/mol. The molecule has 0 saturated carbocycles. The highest BCUT2D eigenvalue weighted by Crippen LogP contribution is 2.24. The van der Waals surface area contributed by atoms with Gasteiger partial charge in [-0.1, -0.05) is 24.6 Å². The first-order valence-electron chi connectivity index (χ1n) is 7.06. The predicted octanol–water partition coefficient (Wildman–Crippen LogP) is 3.54. The number of amides is 1. The Balaban J connectivity index is 2.67. The van der Waals surface area contributed by atoms with E-state index in [2.05, 4.69) is 5.32 Å². The summed E-state index contributed by atoms with van der Waals surface area (Å²) in [5.41, 5.74) is -0.392. The molecule has 6 heteroatoms. The molecule has 1 atom stereocenters. The van der Waals surface area contributed by atoms with Gasteiger partial charge in [0.05, 0.1) is 11.6 Å². The van der Waals surface area contributed by atoms with Crippen LogP contribution in [-0.2, 0) is 11.2 Å². The molecule has 1 aromatic rings. The Bertz CT molecular complexity index is 531. The first kappa shape index (κ1) is 18.7. The van der Waals surface area contributed by atoms with Gasteiger partial charge in [0.2, 0.25) is 0 Å². The lowest BCUT2D eigenvalue weighted by Crippen LogP contribution is -2.41. The summed E-state index contributed by atoms with van der Waals surface area (Å²) in [5, 5.41) is 12.3. The summed E-state index contributed by atoms with van der Waals surface area (Å²) in [5.74, 6) is -0.483. The van der Waals surface area contributed by atoms with Crippen LogP contribution in [0.25, 0.3) is 0 Å². The molecule has 0 saturated heterocycles. The predicted molar refractivity (Wildman–Crippen MR) is 84.5 cm³/mol. The van der Waals surface area contributed by atoms with Crippen LogP contribution in [0.3, 0.4) is 0 Å². The molecule has 22 heavy (non-hydrogen) atoms. The lowest BCUT2D eigenvalue weighted by Gasteiger charge is -2.28. The molecule has 0 aliphatic rings. The minimum atomic E-state index is -0.599. The van der Waals surface area contributed by atoms with Gasteiger partial charge in [-0.25, -0.2) is 9.18 Å². The SMILES string of the molecule is CC(CO)(CNC(=O)OC(C)(C)C)Cc1ccc(F)c(Cl)c1. The standard InChI is InChI=1S/C16H23ClFNO3/c1-15(2,3)22-14(21)19-9-16(4,10-20)8-11-5-6-13(18)12(17)7-11/h5-7,20H,8-10H2,1-4H3,(H,19,21). The number of benzene rings is 1. The first-order chi connectivity index (χ1) is 10.0. The maximum absolute atomic E-state index is 13.2. The fourth-order valence-electron chi connectivity index (χ4n) is 1.92. The monoisotopic (exact) mass is 331 g/mol. The van der Waals surface area contributed by atoms with Gasteiger partial charge in [-0.05, 0) is 44.9 Å². The second-order valence-electron chi connectivity index (χ2n) is 6.75. The molecule has 1 rings (SSSR count). The number of alkyl carbamates (subject to hydrolysis) is 1. The van der Waals surface area contributed by atoms with Crippen molar-refractivity contribution in [1.82, 2.24) is 5.32 Å². The molecule has 0 heterocycles. The molecular formula is C16H23ClFNO3. The third-order valence-electron chi connectivity index (χ3n) is 3.06. The number of carbonyl (C=O) groups excluding carboxylic acids is 1. The van der Waals surface area contributed by atoms with Gasteiger partial charge in [-0.2, -0.15) is 0 Å². The zero-order chi connectivity index (χ0) is 17.0. The van der Waals surface area contributed by atoms with Crippen LogP contribution in [0.4, 0.5) is 9.18 Å². The summed E-state index contributed by atoms with van der Waals surface area (Å²) in [6, 6.07) is 4.43. The first-order valence-corrected chi connectivity index (χ1v) is 7.44. The second kappa shape index (κ2) is 7.29. The molecule has 0 spiro atoms. The number of ether oxygens (including phenoxy) is 1. The van der Waals surface area contributed by atoms with E-state index in [1.165, 1.54) is 12.1 Å². The smallest absolute Gasteiger partial charge is 0.407 e. The minimum absolute atomic E-state index is 0.0397. The van der Waals surface area contributed by atoms with E-state index in [-0.39, 0.29) is 18.2 Å². The van der Waals surface area contributed by atoms with E-state index >= 15 is 0 Å². The van der Waals surface area contributed by atoms with Crippen LogP contribution in [0.1, 0.15) is 33.3 Å². The number of halogens is 2. The molecule has 0 aliphatic carbocycles. The molecule has 1 unspecified atom stereocenters. The summed E-state index contributed by atoms with van der Waals surface area (Å²) in [6.07, 6.45) is -0.0939. The summed E-state index contributed by atoms with van der Waals surface area (Å²) < 4.78 is 18.3. The van der Waals surface area contributed by atoms with E-state index in [4.69, 9.17) is 16.3 Å². The van der Waals surface area contributed by atoms with Crippen LogP contribution < -0.4 is 5.32 Å². The lowest BCUT2D eigenvalue weighted by molar-refractivity contribution is 0.0478. The van der Waals surface area contributed by atoms with E-state index in [0.29, 0.717) is 6.42 Å². The van der Waals surface area contributed by atoms with Crippen molar-refractivity contribution in [1.29, 1.82) is 0 Å². The molecule has 0 bridgehead atoms. The summed E-state index contributed by atoms with van der Waals surface area (Å²) in [6.45, 7) is 7.24. The van der Waals surface area contributed by atoms with Gasteiger partial charge in [0.1, 0.15) is 11.4 Å². The topological polar surface area (TPSA) is 58.6 Å². The third-order valence-corrected chi connectivity index (χ3v) is 3.34. The number of aliphatic hydroxyl groups is 1. The van der Waals surface area contributed by atoms with E-state index in [0.717, 1.165) is 5.56 Å². The second-order valence-corrected chi connectivity index (χ2v) is 7.16. The summed E-state index contributed by atoms with van der Waals surface area (Å²) in [7, 11) is 0. The molecule has 1 amide bonds. The molecule has 124 valence electrons. The average molecular weight is 332 g/mol. The highest BCUT2D eigenvalue weighted by molar-refractivity contribution is 6.30. The highest BCUT2D eigenvalue weighted by atomic mass is 35.5. The largest absolute Gasteiger partial charge is 0.444 e. The zero-order valence-corrected chi connectivity index (χ0v) is 14.1. The van der Waals surface area contributed by atoms with Crippen molar-refractivity contribution in [2.45, 2.75) is 39.7 Å². The Hall–Kier alpha value is -1.33. The van der Waals surface area contributed by atoms with Crippen LogP contribution in [0.5, 0.6) is 0 Å². The van der Waals surface area contributed by atoms with Crippen molar-refractivity contribution >= 4 is 17.7 Å². The Kier molecular flexibility index (Phi) is 6.20. The van der Waals surface area contributed by atoms with E-state index in [1.54, 1.807) is 26.8 Å². The molecule has 0 aliphatic heterocycles. The molecule has 4 nitrogen and oxygen atoms in total. The summed E-state index contributed by atoms with van der Waals surface area (Å²) >= 11 is 5.76. The number of nitrogens with one attached hydrogen (secondary N) is 1. The normalized spacial score (nSPS) is 14.3. The van der Waals surface area contributed by atoms with Crippen molar-refractivity contribution in [2.75, 3.05) is 13.2 Å². The average Bonchev–Trinajstić information content (AvgIpc) is 2.39. The lowest BCUT2D eigenvalue weighted by atomic mass is 9.84. The van der Waals surface area contributed by atoms with E-state index < -0.39 is 22.9 Å². The number of hydrogen-bond acceptors (Lipinski definition) is 3. The van der Waals surface area contributed by atoms with Crippen molar-refractivity contribution in [2.24, 2.45) is 5.41 Å². The van der Waals surface area contributed by atoms with Crippen molar-refractivity contribution in [3.63, 3.8) is 0 Å². The van der Waals surface area contributed by atoms with E-state index in [1.807, 2.05) is 6.92 Å². The van der Waals surface area contributed by atoms with Gasteiger partial charge in [0, 0.05) is 12.0 Å². The van der Waals surface area contributed by atoms with Crippen LogP contribution in [-0.4, -0.2) is 30.0 Å². The maximum Gasteiger partial charge on any atom is 0.407 e. The van der Waals surface area contributed by atoms with Crippen molar-refractivity contribution in [3.05, 3.63) is 34.6 Å². The molecule has 0 fully saturated rings. The van der Waals surface area contributed by atoms with Crippen LogP contribution in [0, 0.1) is 11.2 Å². The van der Waals surface area contributed by atoms with E-state index in [9.17, 15) is 14.3 Å². The van der Waals surface area contributed by atoms with Gasteiger partial charge in [0.25, 0.3) is 0 Å². The third kappa shape index (κ3) is 6.20. The highest BCUT2D eigenvalue weighted by Gasteiger charge is 2.26. The Morgan fingerprint density at radius 1 is 1.36 bits per heavy atom. The van der Waals surface area contributed by atoms with Gasteiger partial charge in [0.15, 0.2) is 0 Å². The minimum Gasteiger partial charge on any atom is -0.444 e. The molecule has 0 radical (unpaired) electrons. The zero-order valence-electron chi connectivity index (χ0n) is 13.4. The number of rotatable bonds is 5. The molecule has 1 aromatic carbocycles. The van der Waals surface area contributed by atoms with Crippen molar-refractivity contribution < 1.29 is 19.0 Å². The Morgan fingerprint density at radius 2 is 2.00 bits per heavy atom. The fourth-order valence-corrected chi connectivity index (χ4v) is 2.12. The van der Waals surface area contributed by atoms with Gasteiger partial charge < -0.3 is 15.2 Å².